The molecule has 0 amide bonds. The Morgan fingerprint density at radius 3 is 2.78 bits per heavy atom. The molecule has 0 aliphatic heterocycles. The van der Waals surface area contributed by atoms with E-state index < -0.39 is 16.0 Å². The molecule has 0 spiro atoms. The van der Waals surface area contributed by atoms with Gasteiger partial charge in [-0.15, -0.1) is 0 Å². The van der Waals surface area contributed by atoms with Gasteiger partial charge in [-0.3, -0.25) is 9.52 Å². The Labute approximate surface area is 110 Å². The van der Waals surface area contributed by atoms with Gasteiger partial charge in [0.2, 0.25) is 10.0 Å². The molecular weight excluding hydrogens is 280 g/mol. The molecule has 0 aliphatic carbocycles. The predicted octanol–water partition coefficient (Wildman–Crippen LogP) is 1.43. The number of halogens is 1. The van der Waals surface area contributed by atoms with E-state index in [1.165, 1.54) is 25.4 Å². The lowest BCUT2D eigenvalue weighted by atomic mass is 10.3. The smallest absolute Gasteiger partial charge is 0.305 e. The number of esters is 1. The van der Waals surface area contributed by atoms with Crippen LogP contribution in [-0.2, 0) is 19.6 Å². The summed E-state index contributed by atoms with van der Waals surface area (Å²) < 4.78 is 30.0. The Morgan fingerprint density at radius 1 is 1.50 bits per heavy atom. The Kier molecular flexibility index (Phi) is 5.36. The van der Waals surface area contributed by atoms with Gasteiger partial charge in [-0.2, -0.15) is 0 Å². The van der Waals surface area contributed by atoms with Gasteiger partial charge >= 0.3 is 5.97 Å². The van der Waals surface area contributed by atoms with Gasteiger partial charge in [0.1, 0.15) is 5.15 Å². The minimum Gasteiger partial charge on any atom is -0.469 e. The van der Waals surface area contributed by atoms with Crippen LogP contribution in [0.2, 0.25) is 5.15 Å². The van der Waals surface area contributed by atoms with E-state index in [1.54, 1.807) is 0 Å². The third-order valence-electron chi connectivity index (χ3n) is 2.02. The molecule has 1 aromatic rings. The second-order valence-electron chi connectivity index (χ2n) is 3.47. The maximum absolute atomic E-state index is 11.6. The van der Waals surface area contributed by atoms with Crippen LogP contribution in [0.4, 0.5) is 5.69 Å². The molecule has 1 heterocycles. The van der Waals surface area contributed by atoms with Crippen molar-refractivity contribution in [1.29, 1.82) is 0 Å². The molecular formula is C10H13ClN2O4S. The first-order valence-corrected chi connectivity index (χ1v) is 7.15. The van der Waals surface area contributed by atoms with Crippen molar-refractivity contribution in [2.24, 2.45) is 0 Å². The zero-order valence-electron chi connectivity index (χ0n) is 9.72. The van der Waals surface area contributed by atoms with Gasteiger partial charge in [-0.1, -0.05) is 11.6 Å². The number of rotatable bonds is 6. The summed E-state index contributed by atoms with van der Waals surface area (Å²) in [5, 5.41) is 0.281. The van der Waals surface area contributed by atoms with Crippen molar-refractivity contribution >= 4 is 33.3 Å². The number of anilines is 1. The predicted molar refractivity (Wildman–Crippen MR) is 67.9 cm³/mol. The molecule has 6 nitrogen and oxygen atoms in total. The molecule has 1 rings (SSSR count). The fourth-order valence-electron chi connectivity index (χ4n) is 1.18. The number of sulfonamides is 1. The first-order chi connectivity index (χ1) is 8.43. The lowest BCUT2D eigenvalue weighted by Crippen LogP contribution is -2.17. The van der Waals surface area contributed by atoms with Crippen LogP contribution in [0.25, 0.3) is 0 Å². The largest absolute Gasteiger partial charge is 0.469 e. The van der Waals surface area contributed by atoms with E-state index in [0.29, 0.717) is 5.69 Å². The topological polar surface area (TPSA) is 85.4 Å². The zero-order valence-corrected chi connectivity index (χ0v) is 11.3. The third-order valence-corrected chi connectivity index (χ3v) is 3.62. The maximum Gasteiger partial charge on any atom is 0.305 e. The number of pyridine rings is 1. The highest BCUT2D eigenvalue weighted by Gasteiger charge is 2.12. The van der Waals surface area contributed by atoms with Crippen molar-refractivity contribution in [1.82, 2.24) is 4.98 Å². The Bertz CT molecular complexity index is 501. The van der Waals surface area contributed by atoms with Crippen molar-refractivity contribution < 1.29 is 17.9 Å². The van der Waals surface area contributed by atoms with Crippen molar-refractivity contribution in [3.05, 3.63) is 23.5 Å². The van der Waals surface area contributed by atoms with Crippen molar-refractivity contribution in [2.75, 3.05) is 17.6 Å². The average Bonchev–Trinajstić information content (AvgIpc) is 2.31. The number of nitrogens with one attached hydrogen (secondary N) is 1. The second-order valence-corrected chi connectivity index (χ2v) is 5.70. The Balaban J connectivity index is 2.49. The van der Waals surface area contributed by atoms with Crippen LogP contribution in [0.3, 0.4) is 0 Å². The second kappa shape index (κ2) is 6.55. The number of ether oxygens (including phenoxy) is 1. The number of aromatic nitrogens is 1. The number of nitrogens with zero attached hydrogens (tertiary/aromatic N) is 1. The Hall–Kier alpha value is -1.34. The zero-order chi connectivity index (χ0) is 13.6. The van der Waals surface area contributed by atoms with Gasteiger partial charge in [0, 0.05) is 6.42 Å². The molecule has 1 aromatic heterocycles. The summed E-state index contributed by atoms with van der Waals surface area (Å²) in [5.74, 6) is -0.594. The number of hydrogen-bond donors (Lipinski definition) is 1. The van der Waals surface area contributed by atoms with Crippen LogP contribution in [0.1, 0.15) is 12.8 Å². The van der Waals surface area contributed by atoms with E-state index in [9.17, 15) is 13.2 Å². The fourth-order valence-corrected chi connectivity index (χ4v) is 2.39. The molecule has 18 heavy (non-hydrogen) atoms. The average molecular weight is 293 g/mol. The first kappa shape index (κ1) is 14.7. The van der Waals surface area contributed by atoms with Crippen molar-refractivity contribution in [3.63, 3.8) is 0 Å². The minimum absolute atomic E-state index is 0.0658. The van der Waals surface area contributed by atoms with Gasteiger partial charge in [0.15, 0.2) is 0 Å². The van der Waals surface area contributed by atoms with E-state index in [2.05, 4.69) is 14.4 Å². The standard InChI is InChI=1S/C10H13ClN2O4S/c1-17-10(14)3-2-6-18(15,16)13-8-4-5-9(11)12-7-8/h4-5,7,13H,2-3,6H2,1H3. The lowest BCUT2D eigenvalue weighted by Gasteiger charge is -2.07. The molecule has 0 fully saturated rings. The van der Waals surface area contributed by atoms with Crippen LogP contribution >= 0.6 is 11.6 Å². The summed E-state index contributed by atoms with van der Waals surface area (Å²) >= 11 is 5.58. The highest BCUT2D eigenvalue weighted by atomic mass is 35.5. The van der Waals surface area contributed by atoms with E-state index >= 15 is 0 Å². The summed E-state index contributed by atoms with van der Waals surface area (Å²) in [7, 11) is -2.23. The molecule has 1 N–H and O–H groups in total. The van der Waals surface area contributed by atoms with Gasteiger partial charge in [-0.25, -0.2) is 13.4 Å². The number of methoxy groups -OCH3 is 1. The molecule has 0 radical (unpaired) electrons. The molecule has 0 saturated heterocycles. The summed E-state index contributed by atoms with van der Waals surface area (Å²) in [6, 6.07) is 2.99. The van der Waals surface area contributed by atoms with Gasteiger partial charge < -0.3 is 4.74 Å². The summed E-state index contributed by atoms with van der Waals surface area (Å²) in [6.07, 6.45) is 1.58. The quantitative estimate of drug-likeness (QED) is 0.633. The normalized spacial score (nSPS) is 11.0. The van der Waals surface area contributed by atoms with Crippen LogP contribution in [0.5, 0.6) is 0 Å². The van der Waals surface area contributed by atoms with Crippen LogP contribution < -0.4 is 4.72 Å². The summed E-state index contributed by atoms with van der Waals surface area (Å²) in [4.78, 5) is 14.6. The van der Waals surface area contributed by atoms with Gasteiger partial charge in [0.25, 0.3) is 0 Å². The highest BCUT2D eigenvalue weighted by Crippen LogP contribution is 2.12. The lowest BCUT2D eigenvalue weighted by molar-refractivity contribution is -0.140. The van der Waals surface area contributed by atoms with E-state index in [0.717, 1.165) is 0 Å². The Morgan fingerprint density at radius 2 is 2.22 bits per heavy atom. The third kappa shape index (κ3) is 5.33. The molecule has 0 aromatic carbocycles. The fraction of sp³-hybridized carbons (Fsp3) is 0.400. The summed E-state index contributed by atoms with van der Waals surface area (Å²) in [6.45, 7) is 0. The number of carbonyl (C=O) groups excluding carboxylic acids is 1. The number of carbonyl (C=O) groups is 1. The molecule has 0 unspecified atom stereocenters. The monoisotopic (exact) mass is 292 g/mol. The first-order valence-electron chi connectivity index (χ1n) is 5.12. The SMILES string of the molecule is COC(=O)CCCS(=O)(=O)Nc1ccc(Cl)nc1. The van der Waals surface area contributed by atoms with E-state index in [4.69, 9.17) is 11.6 Å². The van der Waals surface area contributed by atoms with Crippen molar-refractivity contribution in [3.8, 4) is 0 Å². The maximum atomic E-state index is 11.6. The van der Waals surface area contributed by atoms with Gasteiger partial charge in [0.05, 0.1) is 24.7 Å². The molecule has 0 bridgehead atoms. The minimum atomic E-state index is -3.49. The van der Waals surface area contributed by atoms with Crippen LogP contribution in [0, 0.1) is 0 Å². The van der Waals surface area contributed by atoms with E-state index in [1.807, 2.05) is 0 Å². The van der Waals surface area contributed by atoms with Crippen LogP contribution in [0.15, 0.2) is 18.3 Å². The number of hydrogen-bond acceptors (Lipinski definition) is 5. The van der Waals surface area contributed by atoms with Gasteiger partial charge in [-0.05, 0) is 18.6 Å². The molecule has 100 valence electrons. The molecule has 8 heteroatoms. The van der Waals surface area contributed by atoms with E-state index in [-0.39, 0.29) is 23.7 Å². The molecule has 0 aliphatic rings. The molecule has 0 atom stereocenters. The highest BCUT2D eigenvalue weighted by molar-refractivity contribution is 7.92. The van der Waals surface area contributed by atoms with Crippen LogP contribution in [-0.4, -0.2) is 32.2 Å². The van der Waals surface area contributed by atoms with Crippen molar-refractivity contribution in [2.45, 2.75) is 12.8 Å². The molecule has 0 saturated carbocycles. The summed E-state index contributed by atoms with van der Waals surface area (Å²) in [5.41, 5.74) is 0.331.